The maximum absolute atomic E-state index is 9.43. The summed E-state index contributed by atoms with van der Waals surface area (Å²) < 4.78 is 5.46. The number of rotatable bonds is 4. The number of ether oxygens (including phenoxy) is 1. The van der Waals surface area contributed by atoms with Gasteiger partial charge >= 0.3 is 0 Å². The molecule has 1 heterocycles. The Morgan fingerprint density at radius 2 is 2.00 bits per heavy atom. The van der Waals surface area contributed by atoms with Crippen molar-refractivity contribution in [3.63, 3.8) is 0 Å². The third-order valence-electron chi connectivity index (χ3n) is 3.32. The van der Waals surface area contributed by atoms with Crippen LogP contribution in [0, 0.1) is 11.3 Å². The molecule has 0 fully saturated rings. The van der Waals surface area contributed by atoms with Crippen LogP contribution in [0.5, 0.6) is 5.75 Å². The van der Waals surface area contributed by atoms with E-state index in [4.69, 9.17) is 4.74 Å². The lowest BCUT2D eigenvalue weighted by Crippen LogP contribution is -2.01. The van der Waals surface area contributed by atoms with E-state index < -0.39 is 0 Å². The normalized spacial score (nSPS) is 12.2. The average molecular weight is 254 g/mol. The molecule has 0 amide bonds. The first-order valence-electron chi connectivity index (χ1n) is 6.37. The Morgan fingerprint density at radius 3 is 2.53 bits per heavy atom. The molecule has 0 aliphatic heterocycles. The van der Waals surface area contributed by atoms with Crippen LogP contribution in [0.3, 0.4) is 0 Å². The number of aromatic amines is 1. The van der Waals surface area contributed by atoms with Crippen LogP contribution in [0.25, 0.3) is 0 Å². The van der Waals surface area contributed by atoms with Crippen molar-refractivity contribution in [2.45, 2.75) is 25.7 Å². The SMILES string of the molecule is COc1cc(C(C)C)ccc1C(C#N)c1cc[nH]c1. The molecule has 3 heteroatoms. The summed E-state index contributed by atoms with van der Waals surface area (Å²) in [7, 11) is 1.65. The topological polar surface area (TPSA) is 48.8 Å². The highest BCUT2D eigenvalue weighted by Gasteiger charge is 2.19. The highest BCUT2D eigenvalue weighted by Crippen LogP contribution is 2.33. The van der Waals surface area contributed by atoms with Crippen molar-refractivity contribution in [3.8, 4) is 11.8 Å². The Hall–Kier alpha value is -2.21. The summed E-state index contributed by atoms with van der Waals surface area (Å²) in [4.78, 5) is 2.99. The third-order valence-corrected chi connectivity index (χ3v) is 3.32. The zero-order valence-electron chi connectivity index (χ0n) is 11.5. The van der Waals surface area contributed by atoms with Crippen LogP contribution in [0.15, 0.2) is 36.7 Å². The lowest BCUT2D eigenvalue weighted by atomic mass is 9.91. The number of hydrogen-bond donors (Lipinski definition) is 1. The number of nitrogens with zero attached hydrogens (tertiary/aromatic N) is 1. The van der Waals surface area contributed by atoms with Gasteiger partial charge in [-0.05, 0) is 29.2 Å². The third kappa shape index (κ3) is 2.63. The van der Waals surface area contributed by atoms with E-state index in [0.717, 1.165) is 16.9 Å². The van der Waals surface area contributed by atoms with Gasteiger partial charge in [0.15, 0.2) is 0 Å². The summed E-state index contributed by atoms with van der Waals surface area (Å²) in [5.41, 5.74) is 3.08. The number of nitrogens with one attached hydrogen (secondary N) is 1. The molecule has 2 aromatic rings. The van der Waals surface area contributed by atoms with E-state index in [1.165, 1.54) is 5.56 Å². The zero-order chi connectivity index (χ0) is 13.8. The monoisotopic (exact) mass is 254 g/mol. The highest BCUT2D eigenvalue weighted by atomic mass is 16.5. The molecule has 1 aromatic heterocycles. The molecule has 0 aliphatic carbocycles. The molecular weight excluding hydrogens is 236 g/mol. The van der Waals surface area contributed by atoms with Crippen molar-refractivity contribution in [1.29, 1.82) is 5.26 Å². The molecule has 3 nitrogen and oxygen atoms in total. The van der Waals surface area contributed by atoms with Gasteiger partial charge in [0.25, 0.3) is 0 Å². The van der Waals surface area contributed by atoms with E-state index in [2.05, 4.69) is 31.0 Å². The lowest BCUT2D eigenvalue weighted by molar-refractivity contribution is 0.408. The first-order valence-corrected chi connectivity index (χ1v) is 6.37. The van der Waals surface area contributed by atoms with Crippen molar-refractivity contribution >= 4 is 0 Å². The molecule has 2 rings (SSSR count). The van der Waals surface area contributed by atoms with Gasteiger partial charge in [-0.1, -0.05) is 26.0 Å². The van der Waals surface area contributed by atoms with E-state index in [1.54, 1.807) is 7.11 Å². The number of benzene rings is 1. The van der Waals surface area contributed by atoms with Crippen LogP contribution in [0.4, 0.5) is 0 Å². The van der Waals surface area contributed by atoms with E-state index >= 15 is 0 Å². The Labute approximate surface area is 113 Å². The predicted molar refractivity (Wildman–Crippen MR) is 75.3 cm³/mol. The molecule has 19 heavy (non-hydrogen) atoms. The lowest BCUT2D eigenvalue weighted by Gasteiger charge is -2.15. The number of methoxy groups -OCH3 is 1. The van der Waals surface area contributed by atoms with Crippen molar-refractivity contribution < 1.29 is 4.74 Å². The molecule has 0 spiro atoms. The predicted octanol–water partition coefficient (Wildman–Crippen LogP) is 3.80. The molecule has 0 bridgehead atoms. The van der Waals surface area contributed by atoms with Crippen LogP contribution in [0.1, 0.15) is 42.4 Å². The first-order chi connectivity index (χ1) is 9.17. The largest absolute Gasteiger partial charge is 0.496 e. The minimum Gasteiger partial charge on any atom is -0.496 e. The van der Waals surface area contributed by atoms with Crippen molar-refractivity contribution in [2.75, 3.05) is 7.11 Å². The Bertz CT molecular complexity index is 579. The van der Waals surface area contributed by atoms with Gasteiger partial charge in [0.1, 0.15) is 11.7 Å². The summed E-state index contributed by atoms with van der Waals surface area (Å²) in [5.74, 6) is 0.914. The van der Waals surface area contributed by atoms with E-state index in [1.807, 2.05) is 30.6 Å². The van der Waals surface area contributed by atoms with E-state index in [9.17, 15) is 5.26 Å². The second kappa shape index (κ2) is 5.62. The minimum atomic E-state index is -0.303. The van der Waals surface area contributed by atoms with Crippen LogP contribution in [0.2, 0.25) is 0 Å². The van der Waals surface area contributed by atoms with Gasteiger partial charge in [-0.15, -0.1) is 0 Å². The number of nitriles is 1. The van der Waals surface area contributed by atoms with Gasteiger partial charge in [-0.25, -0.2) is 0 Å². The van der Waals surface area contributed by atoms with Crippen molar-refractivity contribution in [2.24, 2.45) is 0 Å². The highest BCUT2D eigenvalue weighted by molar-refractivity contribution is 5.47. The average Bonchev–Trinajstić information content (AvgIpc) is 2.93. The smallest absolute Gasteiger partial charge is 0.124 e. The summed E-state index contributed by atoms with van der Waals surface area (Å²) in [6, 6.07) is 10.4. The fourth-order valence-electron chi connectivity index (χ4n) is 2.17. The molecule has 1 atom stereocenters. The maximum atomic E-state index is 9.43. The molecule has 0 saturated heterocycles. The van der Waals surface area contributed by atoms with Gasteiger partial charge in [0.05, 0.1) is 13.2 Å². The molecule has 1 N–H and O–H groups in total. The summed E-state index contributed by atoms with van der Waals surface area (Å²) in [6.45, 7) is 4.28. The zero-order valence-corrected chi connectivity index (χ0v) is 11.5. The quantitative estimate of drug-likeness (QED) is 0.902. The van der Waals surface area contributed by atoms with Gasteiger partial charge < -0.3 is 9.72 Å². The van der Waals surface area contributed by atoms with E-state index in [-0.39, 0.29) is 5.92 Å². The Balaban J connectivity index is 2.47. The number of hydrogen-bond acceptors (Lipinski definition) is 2. The standard InChI is InChI=1S/C16H18N2O/c1-11(2)12-4-5-14(16(8-12)19-3)15(9-17)13-6-7-18-10-13/h4-8,10-11,15,18H,1-3H3. The fraction of sp³-hybridized carbons (Fsp3) is 0.312. The van der Waals surface area contributed by atoms with Crippen LogP contribution >= 0.6 is 0 Å². The molecule has 1 aromatic carbocycles. The van der Waals surface area contributed by atoms with Crippen LogP contribution in [-0.2, 0) is 0 Å². The second-order valence-corrected chi connectivity index (χ2v) is 4.86. The fourth-order valence-corrected chi connectivity index (χ4v) is 2.17. The first kappa shape index (κ1) is 13.2. The van der Waals surface area contributed by atoms with Gasteiger partial charge in [0, 0.05) is 18.0 Å². The van der Waals surface area contributed by atoms with Crippen LogP contribution in [-0.4, -0.2) is 12.1 Å². The molecule has 1 unspecified atom stereocenters. The molecule has 0 aliphatic rings. The van der Waals surface area contributed by atoms with Crippen LogP contribution < -0.4 is 4.74 Å². The van der Waals surface area contributed by atoms with Crippen molar-refractivity contribution in [3.05, 3.63) is 53.3 Å². The minimum absolute atomic E-state index is 0.303. The number of H-pyrrole nitrogens is 1. The summed E-state index contributed by atoms with van der Waals surface area (Å²) >= 11 is 0. The Morgan fingerprint density at radius 1 is 1.21 bits per heavy atom. The summed E-state index contributed by atoms with van der Waals surface area (Å²) in [6.07, 6.45) is 3.68. The Kier molecular flexibility index (Phi) is 3.91. The van der Waals surface area contributed by atoms with Crippen molar-refractivity contribution in [1.82, 2.24) is 4.98 Å². The van der Waals surface area contributed by atoms with Gasteiger partial charge in [-0.3, -0.25) is 0 Å². The van der Waals surface area contributed by atoms with Gasteiger partial charge in [0.2, 0.25) is 0 Å². The number of aromatic nitrogens is 1. The summed E-state index contributed by atoms with van der Waals surface area (Å²) in [5, 5.41) is 9.43. The molecule has 0 saturated carbocycles. The molecular formula is C16H18N2O. The maximum Gasteiger partial charge on any atom is 0.124 e. The molecule has 0 radical (unpaired) electrons. The molecule has 98 valence electrons. The van der Waals surface area contributed by atoms with E-state index in [0.29, 0.717) is 5.92 Å². The van der Waals surface area contributed by atoms with Gasteiger partial charge in [-0.2, -0.15) is 5.26 Å². The second-order valence-electron chi connectivity index (χ2n) is 4.86.